The molecule has 0 amide bonds. The Morgan fingerprint density at radius 2 is 2.00 bits per heavy atom. The minimum Gasteiger partial charge on any atom is -0.296 e. The SMILES string of the molecule is CCc1nn(C)c2c1nc(CCl)n2C1(C(F)(F)F)CC1. The summed E-state index contributed by atoms with van der Waals surface area (Å²) in [4.78, 5) is 4.29. The number of halogens is 4. The first-order valence-electron chi connectivity index (χ1n) is 6.42. The van der Waals surface area contributed by atoms with Gasteiger partial charge in [-0.15, -0.1) is 11.6 Å². The number of alkyl halides is 4. The highest BCUT2D eigenvalue weighted by atomic mass is 35.5. The van der Waals surface area contributed by atoms with E-state index in [1.54, 1.807) is 7.05 Å². The molecule has 1 aliphatic rings. The summed E-state index contributed by atoms with van der Waals surface area (Å²) in [5.74, 6) is 0.217. The molecule has 0 spiro atoms. The van der Waals surface area contributed by atoms with E-state index < -0.39 is 11.7 Å². The summed E-state index contributed by atoms with van der Waals surface area (Å²) < 4.78 is 42.9. The summed E-state index contributed by atoms with van der Waals surface area (Å²) in [5.41, 5.74) is -0.218. The van der Waals surface area contributed by atoms with Gasteiger partial charge < -0.3 is 0 Å². The van der Waals surface area contributed by atoms with E-state index in [-0.39, 0.29) is 24.5 Å². The van der Waals surface area contributed by atoms with E-state index in [9.17, 15) is 13.2 Å². The largest absolute Gasteiger partial charge is 0.412 e. The van der Waals surface area contributed by atoms with Crippen LogP contribution < -0.4 is 0 Å². The molecular weight excluding hydrogens is 293 g/mol. The molecule has 0 N–H and O–H groups in total. The summed E-state index contributed by atoms with van der Waals surface area (Å²) in [7, 11) is 1.64. The summed E-state index contributed by atoms with van der Waals surface area (Å²) in [5, 5.41) is 4.25. The molecule has 1 saturated carbocycles. The maximum Gasteiger partial charge on any atom is 0.412 e. The molecule has 1 fully saturated rings. The van der Waals surface area contributed by atoms with E-state index in [1.165, 1.54) is 9.25 Å². The van der Waals surface area contributed by atoms with Crippen molar-refractivity contribution < 1.29 is 13.2 Å². The molecule has 0 bridgehead atoms. The van der Waals surface area contributed by atoms with Gasteiger partial charge in [-0.25, -0.2) is 4.98 Å². The predicted molar refractivity (Wildman–Crippen MR) is 68.7 cm³/mol. The van der Waals surface area contributed by atoms with Gasteiger partial charge in [0.25, 0.3) is 0 Å². The maximum atomic E-state index is 13.4. The molecule has 0 aromatic carbocycles. The number of rotatable bonds is 3. The van der Waals surface area contributed by atoms with Gasteiger partial charge in [-0.3, -0.25) is 9.25 Å². The number of imidazole rings is 1. The third-order valence-corrected chi connectivity index (χ3v) is 4.15. The molecule has 0 aliphatic heterocycles. The van der Waals surface area contributed by atoms with E-state index in [2.05, 4.69) is 10.1 Å². The topological polar surface area (TPSA) is 35.6 Å². The average molecular weight is 307 g/mol. The van der Waals surface area contributed by atoms with Crippen LogP contribution in [0.3, 0.4) is 0 Å². The lowest BCUT2D eigenvalue weighted by molar-refractivity contribution is -0.179. The van der Waals surface area contributed by atoms with Crippen molar-refractivity contribution in [2.75, 3.05) is 0 Å². The van der Waals surface area contributed by atoms with Crippen LogP contribution >= 0.6 is 11.6 Å². The number of aryl methyl sites for hydroxylation is 2. The molecule has 4 nitrogen and oxygen atoms in total. The van der Waals surface area contributed by atoms with E-state index in [0.29, 0.717) is 23.3 Å². The molecule has 8 heteroatoms. The fraction of sp³-hybridized carbons (Fsp3) is 0.667. The Morgan fingerprint density at radius 1 is 1.35 bits per heavy atom. The van der Waals surface area contributed by atoms with Gasteiger partial charge in [0.15, 0.2) is 5.65 Å². The lowest BCUT2D eigenvalue weighted by Crippen LogP contribution is -2.36. The quantitative estimate of drug-likeness (QED) is 0.817. The summed E-state index contributed by atoms with van der Waals surface area (Å²) >= 11 is 5.81. The van der Waals surface area contributed by atoms with Crippen LogP contribution in [0.15, 0.2) is 0 Å². The Balaban J connectivity index is 2.32. The lowest BCUT2D eigenvalue weighted by Gasteiger charge is -2.23. The monoisotopic (exact) mass is 306 g/mol. The van der Waals surface area contributed by atoms with Crippen molar-refractivity contribution in [2.24, 2.45) is 7.05 Å². The number of fused-ring (bicyclic) bond motifs is 1. The zero-order valence-corrected chi connectivity index (χ0v) is 11.9. The maximum absolute atomic E-state index is 13.4. The molecule has 2 heterocycles. The van der Waals surface area contributed by atoms with Gasteiger partial charge >= 0.3 is 6.18 Å². The Bertz CT molecular complexity index is 666. The summed E-state index contributed by atoms with van der Waals surface area (Å²) in [6.07, 6.45) is -3.55. The van der Waals surface area contributed by atoms with Crippen molar-refractivity contribution >= 4 is 22.8 Å². The number of hydrogen-bond acceptors (Lipinski definition) is 2. The lowest BCUT2D eigenvalue weighted by atomic mass is 10.2. The van der Waals surface area contributed by atoms with Gasteiger partial charge in [-0.05, 0) is 19.3 Å². The normalized spacial score (nSPS) is 17.9. The Labute approximate surface area is 118 Å². The van der Waals surface area contributed by atoms with Gasteiger partial charge in [-0.2, -0.15) is 18.3 Å². The van der Waals surface area contributed by atoms with E-state index >= 15 is 0 Å². The third kappa shape index (κ3) is 1.62. The molecule has 0 saturated heterocycles. The zero-order valence-electron chi connectivity index (χ0n) is 11.1. The average Bonchev–Trinajstić information content (AvgIpc) is 3.01. The molecule has 2 aromatic heterocycles. The van der Waals surface area contributed by atoms with Crippen molar-refractivity contribution in [2.45, 2.75) is 43.8 Å². The molecule has 0 atom stereocenters. The summed E-state index contributed by atoms with van der Waals surface area (Å²) in [6, 6.07) is 0. The Hall–Kier alpha value is -1.24. The standard InChI is InChI=1S/C12H14ClF3N4/c1-3-7-9-10(19(2)18-7)20(8(6-13)17-9)11(4-5-11)12(14,15)16/h3-6H2,1-2H3. The fourth-order valence-corrected chi connectivity index (χ4v) is 2.93. The van der Waals surface area contributed by atoms with E-state index in [4.69, 9.17) is 11.6 Å². The van der Waals surface area contributed by atoms with Crippen LogP contribution in [0.1, 0.15) is 31.3 Å². The fourth-order valence-electron chi connectivity index (χ4n) is 2.75. The van der Waals surface area contributed by atoms with Gasteiger partial charge in [0, 0.05) is 7.05 Å². The number of nitrogens with zero attached hydrogens (tertiary/aromatic N) is 4. The molecule has 110 valence electrons. The van der Waals surface area contributed by atoms with Crippen molar-refractivity contribution in [3.8, 4) is 0 Å². The van der Waals surface area contributed by atoms with Gasteiger partial charge in [0.05, 0.1) is 11.6 Å². The highest BCUT2D eigenvalue weighted by Gasteiger charge is 2.66. The van der Waals surface area contributed by atoms with E-state index in [0.717, 1.165) is 0 Å². The van der Waals surface area contributed by atoms with Crippen LogP contribution in [0.2, 0.25) is 0 Å². The van der Waals surface area contributed by atoms with Crippen LogP contribution in [0.5, 0.6) is 0 Å². The Kier molecular flexibility index (Phi) is 2.83. The first kappa shape index (κ1) is 13.7. The number of hydrogen-bond donors (Lipinski definition) is 0. The molecule has 20 heavy (non-hydrogen) atoms. The second kappa shape index (κ2) is 4.13. The Morgan fingerprint density at radius 3 is 2.45 bits per heavy atom. The highest BCUT2D eigenvalue weighted by molar-refractivity contribution is 6.16. The first-order chi connectivity index (χ1) is 9.35. The van der Waals surface area contributed by atoms with Crippen LogP contribution in [-0.4, -0.2) is 25.5 Å². The summed E-state index contributed by atoms with van der Waals surface area (Å²) in [6.45, 7) is 1.90. The van der Waals surface area contributed by atoms with Crippen LogP contribution in [0, 0.1) is 0 Å². The zero-order chi connectivity index (χ0) is 14.7. The van der Waals surface area contributed by atoms with Crippen LogP contribution in [-0.2, 0) is 24.9 Å². The molecule has 0 radical (unpaired) electrons. The number of aromatic nitrogens is 4. The smallest absolute Gasteiger partial charge is 0.296 e. The van der Waals surface area contributed by atoms with Crippen molar-refractivity contribution in [1.29, 1.82) is 0 Å². The van der Waals surface area contributed by atoms with Crippen molar-refractivity contribution in [1.82, 2.24) is 19.3 Å². The second-order valence-corrected chi connectivity index (χ2v) is 5.39. The molecule has 2 aromatic rings. The minimum atomic E-state index is -4.31. The van der Waals surface area contributed by atoms with Crippen LogP contribution in [0.25, 0.3) is 11.2 Å². The first-order valence-corrected chi connectivity index (χ1v) is 6.95. The van der Waals surface area contributed by atoms with Gasteiger partial charge in [0.1, 0.15) is 16.9 Å². The van der Waals surface area contributed by atoms with Crippen molar-refractivity contribution in [3.63, 3.8) is 0 Å². The predicted octanol–water partition coefficient (Wildman–Crippen LogP) is 3.12. The van der Waals surface area contributed by atoms with Gasteiger partial charge in [0.2, 0.25) is 0 Å². The highest BCUT2D eigenvalue weighted by Crippen LogP contribution is 2.57. The van der Waals surface area contributed by atoms with Crippen molar-refractivity contribution in [3.05, 3.63) is 11.5 Å². The molecule has 0 unspecified atom stereocenters. The van der Waals surface area contributed by atoms with Gasteiger partial charge in [-0.1, -0.05) is 6.92 Å². The van der Waals surface area contributed by atoms with E-state index in [1.807, 2.05) is 6.92 Å². The minimum absolute atomic E-state index is 0.0460. The third-order valence-electron chi connectivity index (χ3n) is 3.91. The molecular formula is C12H14ClF3N4. The second-order valence-electron chi connectivity index (χ2n) is 5.12. The van der Waals surface area contributed by atoms with Crippen LogP contribution in [0.4, 0.5) is 13.2 Å². The molecule has 3 rings (SSSR count). The molecule has 1 aliphatic carbocycles.